The van der Waals surface area contributed by atoms with Gasteiger partial charge in [0.25, 0.3) is 0 Å². The Hall–Kier alpha value is -2.94. The van der Waals surface area contributed by atoms with Gasteiger partial charge in [-0.3, -0.25) is 0 Å². The molecule has 2 N–H and O–H groups in total. The highest BCUT2D eigenvalue weighted by Gasteiger charge is 2.31. The van der Waals surface area contributed by atoms with Gasteiger partial charge in [0.05, 0.1) is 21.8 Å². The molecule has 3 heterocycles. The topological polar surface area (TPSA) is 95.0 Å². The van der Waals surface area contributed by atoms with Crippen molar-refractivity contribution in [2.75, 3.05) is 23.8 Å². The van der Waals surface area contributed by atoms with Crippen molar-refractivity contribution in [3.63, 3.8) is 0 Å². The fourth-order valence-corrected chi connectivity index (χ4v) is 5.19. The van der Waals surface area contributed by atoms with Crippen LogP contribution in [0.1, 0.15) is 43.9 Å². The van der Waals surface area contributed by atoms with Gasteiger partial charge in [-0.15, -0.1) is 0 Å². The first-order valence-electron chi connectivity index (χ1n) is 12.4. The number of nitrogen functional groups attached to an aromatic ring is 1. The summed E-state index contributed by atoms with van der Waals surface area (Å²) in [5.41, 5.74) is 9.04. The summed E-state index contributed by atoms with van der Waals surface area (Å²) < 4.78 is 7.94. The minimum Gasteiger partial charge on any atom is -0.368 e. The van der Waals surface area contributed by atoms with Crippen molar-refractivity contribution in [3.8, 4) is 11.4 Å². The maximum absolute atomic E-state index is 6.43. The number of hydrogen-bond donors (Lipinski definition) is 1. The summed E-state index contributed by atoms with van der Waals surface area (Å²) in [6.07, 6.45) is 7.92. The van der Waals surface area contributed by atoms with Crippen molar-refractivity contribution in [2.45, 2.75) is 50.8 Å². The van der Waals surface area contributed by atoms with Gasteiger partial charge in [-0.2, -0.15) is 20.1 Å². The second-order valence-electron chi connectivity index (χ2n) is 9.39. The Morgan fingerprint density at radius 1 is 1.06 bits per heavy atom. The number of hydrogen-bond acceptors (Lipinski definition) is 7. The molecule has 0 amide bonds. The van der Waals surface area contributed by atoms with Crippen molar-refractivity contribution < 1.29 is 4.74 Å². The second-order valence-corrected chi connectivity index (χ2v) is 10.2. The Morgan fingerprint density at radius 2 is 1.94 bits per heavy atom. The van der Waals surface area contributed by atoms with Crippen molar-refractivity contribution in [1.29, 1.82) is 0 Å². The number of fused-ring (bicyclic) bond motifs is 1. The molecule has 4 aromatic rings. The summed E-state index contributed by atoms with van der Waals surface area (Å²) in [6, 6.07) is 12.2. The van der Waals surface area contributed by atoms with Gasteiger partial charge >= 0.3 is 0 Å². The quantitative estimate of drug-likeness (QED) is 0.332. The number of halogens is 2. The molecule has 1 unspecified atom stereocenters. The Balaban J connectivity index is 1.31. The zero-order valence-electron chi connectivity index (χ0n) is 19.8. The van der Waals surface area contributed by atoms with E-state index in [1.807, 2.05) is 35.1 Å². The molecular formula is C26H27Cl2N7O. The molecule has 0 spiro atoms. The number of ether oxygens (including phenoxy) is 1. The minimum absolute atomic E-state index is 0.0471. The average molecular weight is 524 g/mol. The van der Waals surface area contributed by atoms with E-state index in [4.69, 9.17) is 38.7 Å². The Bertz CT molecular complexity index is 1400. The lowest BCUT2D eigenvalue weighted by Crippen LogP contribution is -2.30. The van der Waals surface area contributed by atoms with Crippen LogP contribution in [0.5, 0.6) is 0 Å². The highest BCUT2D eigenvalue weighted by Crippen LogP contribution is 2.33. The maximum atomic E-state index is 6.43. The van der Waals surface area contributed by atoms with Gasteiger partial charge in [-0.1, -0.05) is 47.5 Å². The SMILES string of the molecule is Nc1nc(-c2ccc3cnn(C4CCCCO4)c3c2)nc(N(CCc2cccc(Cl)c2Cl)C2CC2)n1. The molecule has 6 rings (SSSR count). The fourth-order valence-electron chi connectivity index (χ4n) is 4.78. The van der Waals surface area contributed by atoms with Gasteiger partial charge < -0.3 is 15.4 Å². The summed E-state index contributed by atoms with van der Waals surface area (Å²) in [6.45, 7) is 1.47. The number of rotatable bonds is 7. The minimum atomic E-state index is -0.0471. The largest absolute Gasteiger partial charge is 0.368 e. The standard InChI is InChI=1S/C26H27Cl2N7O/c27-20-5-3-4-16(23(20)28)11-12-34(19-9-10-19)26-32-24(31-25(29)33-26)17-7-8-18-15-30-35(21(18)14-17)22-6-1-2-13-36-22/h3-5,7-8,14-15,19,22H,1-2,6,9-13H2,(H2,29,31,32,33). The van der Waals surface area contributed by atoms with E-state index in [0.29, 0.717) is 34.4 Å². The van der Waals surface area contributed by atoms with Crippen molar-refractivity contribution >= 4 is 46.0 Å². The monoisotopic (exact) mass is 523 g/mol. The number of aromatic nitrogens is 5. The van der Waals surface area contributed by atoms with Gasteiger partial charge in [-0.05, 0) is 56.2 Å². The molecule has 2 fully saturated rings. The van der Waals surface area contributed by atoms with Crippen LogP contribution in [0.25, 0.3) is 22.3 Å². The van der Waals surface area contributed by atoms with Crippen LogP contribution in [0.2, 0.25) is 10.0 Å². The Labute approximate surface area is 219 Å². The van der Waals surface area contributed by atoms with Crippen molar-refractivity contribution in [2.24, 2.45) is 0 Å². The van der Waals surface area contributed by atoms with Gasteiger partial charge in [0.1, 0.15) is 0 Å². The molecule has 2 aromatic heterocycles. The second kappa shape index (κ2) is 9.84. The summed E-state index contributed by atoms with van der Waals surface area (Å²) in [5, 5.41) is 6.81. The van der Waals surface area contributed by atoms with Crippen LogP contribution < -0.4 is 10.6 Å². The van der Waals surface area contributed by atoms with E-state index in [-0.39, 0.29) is 12.2 Å². The molecule has 0 bridgehead atoms. The fraction of sp³-hybridized carbons (Fsp3) is 0.385. The zero-order chi connectivity index (χ0) is 24.6. The molecule has 10 heteroatoms. The Kier molecular flexibility index (Phi) is 6.41. The van der Waals surface area contributed by atoms with E-state index in [1.54, 1.807) is 6.07 Å². The smallest absolute Gasteiger partial charge is 0.230 e. The maximum Gasteiger partial charge on any atom is 0.230 e. The van der Waals surface area contributed by atoms with Gasteiger partial charge in [0, 0.05) is 30.1 Å². The summed E-state index contributed by atoms with van der Waals surface area (Å²) in [5.74, 6) is 1.33. The van der Waals surface area contributed by atoms with E-state index in [0.717, 1.165) is 67.2 Å². The molecule has 36 heavy (non-hydrogen) atoms. The molecule has 1 atom stereocenters. The van der Waals surface area contributed by atoms with Crippen molar-refractivity contribution in [1.82, 2.24) is 24.7 Å². The molecule has 2 aromatic carbocycles. The highest BCUT2D eigenvalue weighted by molar-refractivity contribution is 6.42. The van der Waals surface area contributed by atoms with E-state index in [9.17, 15) is 0 Å². The van der Waals surface area contributed by atoms with Crippen LogP contribution in [0.3, 0.4) is 0 Å². The first-order valence-corrected chi connectivity index (χ1v) is 13.1. The van der Waals surface area contributed by atoms with E-state index in [1.165, 1.54) is 0 Å². The van der Waals surface area contributed by atoms with Crippen LogP contribution in [-0.2, 0) is 11.2 Å². The lowest BCUT2D eigenvalue weighted by Gasteiger charge is -2.24. The van der Waals surface area contributed by atoms with Gasteiger partial charge in [-0.25, -0.2) is 4.68 Å². The molecule has 1 aliphatic heterocycles. The van der Waals surface area contributed by atoms with Gasteiger partial charge in [0.15, 0.2) is 12.1 Å². The van der Waals surface area contributed by atoms with Crippen LogP contribution in [0, 0.1) is 0 Å². The third kappa shape index (κ3) is 4.73. The molecule has 1 aliphatic carbocycles. The molecule has 0 radical (unpaired) electrons. The first-order chi connectivity index (χ1) is 17.6. The van der Waals surface area contributed by atoms with Crippen LogP contribution >= 0.6 is 23.2 Å². The summed E-state index contributed by atoms with van der Waals surface area (Å²) in [7, 11) is 0. The van der Waals surface area contributed by atoms with Crippen LogP contribution in [-0.4, -0.2) is 43.9 Å². The first kappa shape index (κ1) is 23.5. The lowest BCUT2D eigenvalue weighted by molar-refractivity contribution is -0.0366. The van der Waals surface area contributed by atoms with Crippen LogP contribution in [0.15, 0.2) is 42.6 Å². The highest BCUT2D eigenvalue weighted by atomic mass is 35.5. The number of benzene rings is 2. The average Bonchev–Trinajstić information content (AvgIpc) is 3.64. The molecule has 186 valence electrons. The number of nitrogens with two attached hydrogens (primary N) is 1. The Morgan fingerprint density at radius 3 is 2.75 bits per heavy atom. The molecule has 1 saturated heterocycles. The predicted molar refractivity (Wildman–Crippen MR) is 142 cm³/mol. The molecule has 2 aliphatic rings. The number of nitrogens with zero attached hydrogens (tertiary/aromatic N) is 6. The number of anilines is 2. The van der Waals surface area contributed by atoms with Gasteiger partial charge in [0.2, 0.25) is 11.9 Å². The lowest BCUT2D eigenvalue weighted by atomic mass is 10.1. The third-order valence-electron chi connectivity index (χ3n) is 6.82. The normalized spacial score (nSPS) is 18.0. The summed E-state index contributed by atoms with van der Waals surface area (Å²) >= 11 is 12.6. The summed E-state index contributed by atoms with van der Waals surface area (Å²) in [4.78, 5) is 16.0. The third-order valence-corrected chi connectivity index (χ3v) is 7.68. The predicted octanol–water partition coefficient (Wildman–Crippen LogP) is 5.69. The van der Waals surface area contributed by atoms with Crippen molar-refractivity contribution in [3.05, 3.63) is 58.2 Å². The van der Waals surface area contributed by atoms with E-state index < -0.39 is 0 Å². The van der Waals surface area contributed by atoms with E-state index in [2.05, 4.69) is 26.0 Å². The van der Waals surface area contributed by atoms with E-state index >= 15 is 0 Å². The molecular weight excluding hydrogens is 497 g/mol. The molecule has 1 saturated carbocycles. The zero-order valence-corrected chi connectivity index (χ0v) is 21.3. The van der Waals surface area contributed by atoms with Crippen LogP contribution in [0.4, 0.5) is 11.9 Å². The molecule has 8 nitrogen and oxygen atoms in total.